The number of carbonyl (C=O) groups excluding carboxylic acids is 1. The van der Waals surface area contributed by atoms with E-state index < -0.39 is 312 Å². The molecule has 4 saturated carbocycles. The van der Waals surface area contributed by atoms with Crippen LogP contribution >= 0.6 is 0 Å². The van der Waals surface area contributed by atoms with Gasteiger partial charge in [-0.25, -0.2) is 0 Å². The van der Waals surface area contributed by atoms with E-state index in [4.69, 9.17) is 75.8 Å². The van der Waals surface area contributed by atoms with Crippen molar-refractivity contribution in [3.63, 3.8) is 0 Å². The van der Waals surface area contributed by atoms with Crippen LogP contribution in [0.25, 0.3) is 0 Å². The van der Waals surface area contributed by atoms with Gasteiger partial charge in [-0.3, -0.25) is 4.79 Å². The molecule has 40 nitrogen and oxygen atoms in total. The second kappa shape index (κ2) is 35.3. The van der Waals surface area contributed by atoms with E-state index in [0.717, 1.165) is 5.57 Å². The summed E-state index contributed by atoms with van der Waals surface area (Å²) in [5.74, 6) is -1.22. The Hall–Kier alpha value is -2.31. The maximum atomic E-state index is 15.3. The van der Waals surface area contributed by atoms with E-state index in [1.165, 1.54) is 13.8 Å². The Labute approximate surface area is 669 Å². The molecule has 116 heavy (non-hydrogen) atoms. The molecular formula is C76H124O40. The van der Waals surface area contributed by atoms with Crippen molar-refractivity contribution in [2.75, 3.05) is 46.2 Å². The number of fused-ring (bicyclic) bond motifs is 7. The fourth-order valence-corrected chi connectivity index (χ4v) is 21.7. The molecule has 12 fully saturated rings. The number of carbonyl (C=O) groups is 1. The number of aliphatic hydroxyl groups excluding tert-OH is 23. The molecule has 23 N–H and O–H groups in total. The highest BCUT2D eigenvalue weighted by Crippen LogP contribution is 2.76. The molecule has 10 unspecified atom stereocenters. The first kappa shape index (κ1) is 91.4. The summed E-state index contributed by atoms with van der Waals surface area (Å²) in [5, 5.41) is 254. The van der Waals surface area contributed by atoms with Crippen molar-refractivity contribution in [1.82, 2.24) is 0 Å². The quantitative estimate of drug-likeness (QED) is 0.0288. The lowest BCUT2D eigenvalue weighted by Crippen LogP contribution is -2.69. The molecule has 5 aliphatic carbocycles. The summed E-state index contributed by atoms with van der Waals surface area (Å²) in [7, 11) is 0. The van der Waals surface area contributed by atoms with Gasteiger partial charge < -0.3 is 193 Å². The van der Waals surface area contributed by atoms with E-state index in [9.17, 15) is 117 Å². The minimum atomic E-state index is -2.25. The number of rotatable bonds is 21. The van der Waals surface area contributed by atoms with Crippen molar-refractivity contribution >= 4 is 5.97 Å². The van der Waals surface area contributed by atoms with Gasteiger partial charge in [0.05, 0.1) is 70.0 Å². The Morgan fingerprint density at radius 1 is 0.414 bits per heavy atom. The normalized spacial score (nSPS) is 55.1. The zero-order valence-corrected chi connectivity index (χ0v) is 66.1. The Balaban J connectivity index is 0.696. The smallest absolute Gasteiger partial charge is 0.315 e. The summed E-state index contributed by atoms with van der Waals surface area (Å²) in [4.78, 5) is 15.3. The van der Waals surface area contributed by atoms with Crippen LogP contribution < -0.4 is 0 Å². The lowest BCUT2D eigenvalue weighted by molar-refractivity contribution is -0.406. The van der Waals surface area contributed by atoms with Crippen LogP contribution in [0.5, 0.6) is 0 Å². The lowest BCUT2D eigenvalue weighted by atomic mass is 9.33. The van der Waals surface area contributed by atoms with Crippen molar-refractivity contribution in [3.05, 3.63) is 11.6 Å². The van der Waals surface area contributed by atoms with Crippen LogP contribution in [0.1, 0.15) is 120 Å². The third kappa shape index (κ3) is 16.2. The van der Waals surface area contributed by atoms with Crippen molar-refractivity contribution in [1.29, 1.82) is 0 Å². The van der Waals surface area contributed by atoms with Crippen molar-refractivity contribution < 1.29 is 198 Å². The van der Waals surface area contributed by atoms with Gasteiger partial charge in [0, 0.05) is 5.41 Å². The van der Waals surface area contributed by atoms with Crippen LogP contribution in [-0.4, -0.2) is 409 Å². The summed E-state index contributed by atoms with van der Waals surface area (Å²) >= 11 is 0. The SMILES string of the molecule is C[C@H]1O[C@@H](O[C@H]2[C@@H](O)[C@H](O[C@H]3[C@@H](O)[C@H](O[C@H]4[C@H](OC5CCC6(C)C(CCC7(C)C6CC=C6C8CC(C)(C)CCC8(C(=O)O[C@@H]8O[C@H](CO[C@@H]9O[C@H](CO)[C@@H](O)[C@@H](O)[C@H]9O)[C@@H](O)[C@H](O)[C@H]8O)CCC67C)C5(C)CO)OC[C@@H](O)[C@H]4O)O[C@H](C)[C@H]3O)O[C@H](CO)[C@@H]2OC2O[C@H](CO)[C@@H](O[C@@H]3OC[C@@H](O)[C@@H](O)[C@H]3O)[C@@H](O)[C@H]2O)[C@H](O)[C@H](O)[C@H]1O. The summed E-state index contributed by atoms with van der Waals surface area (Å²) in [6.45, 7) is 11.0. The average molecular weight is 1680 g/mol. The Kier molecular flexibility index (Phi) is 27.8. The standard InChI is InChI=1S/C76H124O40/c1-27-40(83)46(89)52(95)64(104-27)114-60-56(99)68(108-35(22-79)58(60)112-65-54(97)49(92)57(34(21-78)107-65)111-63-50(93)42(85)31(81)23-101-63)113-59-41(84)28(2)105-67(55(59)98)115-61-43(86)32(82)24-102-69(61)110-39-12-13-72(5)37(73(39,6)26-80)11-14-75(8)38(72)10-9-29-30-19-71(3,4)15-17-76(30,18-16-74(29,75)7)70(100)116-66-53(96)48(91)45(88)36(109-66)25-103-62-51(94)47(90)44(87)33(20-77)106-62/h9,27-28,30-69,77-99H,10-26H2,1-8H3/t27-,28-,30?,31-,32-,33-,34-,35-,36-,37?,38?,39?,40+,41-,42-,43-,44-,45-,46-,47-,48+,49+,50-,51-,52-,53-,54-,55-,56-,57-,58+,59-,60+,61-,62-,63+,64+,65?,66+,67+,68+,69+,72?,73?,74?,75?,76?/m1/s1. The second-order valence-corrected chi connectivity index (χ2v) is 36.5. The van der Waals surface area contributed by atoms with Crippen molar-refractivity contribution in [2.45, 2.75) is 359 Å². The summed E-state index contributed by atoms with van der Waals surface area (Å²) in [6, 6.07) is 0. The predicted molar refractivity (Wildman–Crippen MR) is 380 cm³/mol. The fraction of sp³-hybridized carbons (Fsp3) is 0.961. The van der Waals surface area contributed by atoms with Crippen molar-refractivity contribution in [3.8, 4) is 0 Å². The molecule has 0 spiro atoms. The average Bonchev–Trinajstić information content (AvgIpc) is 0.673. The highest BCUT2D eigenvalue weighted by atomic mass is 16.8. The van der Waals surface area contributed by atoms with Gasteiger partial charge in [0.25, 0.3) is 0 Å². The molecule has 0 bridgehead atoms. The number of hydrogen-bond acceptors (Lipinski definition) is 40. The molecule has 8 heterocycles. The summed E-state index contributed by atoms with van der Waals surface area (Å²) in [6.07, 6.45) is -61.5. The highest BCUT2D eigenvalue weighted by Gasteiger charge is 2.71. The molecule has 0 aromatic rings. The monoisotopic (exact) mass is 1680 g/mol. The van der Waals surface area contributed by atoms with E-state index in [1.54, 1.807) is 0 Å². The van der Waals surface area contributed by atoms with E-state index in [0.29, 0.717) is 64.2 Å². The molecule has 0 amide bonds. The Morgan fingerprint density at radius 3 is 1.56 bits per heavy atom. The number of hydrogen-bond donors (Lipinski definition) is 23. The molecule has 0 aromatic carbocycles. The van der Waals surface area contributed by atoms with E-state index in [1.807, 2.05) is 6.92 Å². The fourth-order valence-electron chi connectivity index (χ4n) is 21.7. The largest absolute Gasteiger partial charge is 0.432 e. The van der Waals surface area contributed by atoms with Crippen LogP contribution in [0, 0.1) is 50.2 Å². The first-order valence-electron chi connectivity index (χ1n) is 40.6. The molecule has 668 valence electrons. The molecule has 8 saturated heterocycles. The van der Waals surface area contributed by atoms with Gasteiger partial charge in [-0.1, -0.05) is 53.2 Å². The van der Waals surface area contributed by atoms with Crippen LogP contribution in [0.3, 0.4) is 0 Å². The van der Waals surface area contributed by atoms with Crippen LogP contribution in [0.4, 0.5) is 0 Å². The number of esters is 1. The van der Waals surface area contributed by atoms with Gasteiger partial charge >= 0.3 is 5.97 Å². The maximum Gasteiger partial charge on any atom is 0.315 e. The van der Waals surface area contributed by atoms with E-state index >= 15 is 4.79 Å². The van der Waals surface area contributed by atoms with Gasteiger partial charge in [0.15, 0.2) is 44.0 Å². The van der Waals surface area contributed by atoms with Gasteiger partial charge in [-0.15, -0.1) is 0 Å². The second-order valence-electron chi connectivity index (χ2n) is 36.5. The third-order valence-corrected chi connectivity index (χ3v) is 29.1. The number of ether oxygens (including phenoxy) is 16. The van der Waals surface area contributed by atoms with Gasteiger partial charge in [0.1, 0.15) is 171 Å². The summed E-state index contributed by atoms with van der Waals surface area (Å²) < 4.78 is 95.9. The molecule has 0 aromatic heterocycles. The van der Waals surface area contributed by atoms with Gasteiger partial charge in [-0.05, 0) is 117 Å². The third-order valence-electron chi connectivity index (χ3n) is 29.1. The lowest BCUT2D eigenvalue weighted by Gasteiger charge is -2.71. The Bertz CT molecular complexity index is 3310. The molecule has 13 aliphatic rings. The van der Waals surface area contributed by atoms with Gasteiger partial charge in [0.2, 0.25) is 6.29 Å². The van der Waals surface area contributed by atoms with Crippen LogP contribution in [-0.2, 0) is 80.6 Å². The number of aliphatic hydroxyl groups is 23. The van der Waals surface area contributed by atoms with E-state index in [-0.39, 0.29) is 29.8 Å². The zero-order valence-electron chi connectivity index (χ0n) is 66.1. The first-order chi connectivity index (χ1) is 54.6. The summed E-state index contributed by atoms with van der Waals surface area (Å²) in [5.41, 5.74) is -2.62. The Morgan fingerprint density at radius 2 is 0.905 bits per heavy atom. The van der Waals surface area contributed by atoms with Crippen LogP contribution in [0.15, 0.2) is 11.6 Å². The molecule has 13 rings (SSSR count). The maximum absolute atomic E-state index is 15.3. The molecule has 0 radical (unpaired) electrons. The van der Waals surface area contributed by atoms with Crippen molar-refractivity contribution in [2.24, 2.45) is 50.2 Å². The van der Waals surface area contributed by atoms with E-state index in [2.05, 4.69) is 40.7 Å². The first-order valence-corrected chi connectivity index (χ1v) is 40.6. The molecule has 8 aliphatic heterocycles. The number of allylic oxidation sites excluding steroid dienone is 2. The van der Waals surface area contributed by atoms with Crippen LogP contribution in [0.2, 0.25) is 0 Å². The molecule has 40 heteroatoms. The highest BCUT2D eigenvalue weighted by molar-refractivity contribution is 5.79. The minimum Gasteiger partial charge on any atom is -0.432 e. The zero-order chi connectivity index (χ0) is 84.4. The molecule has 47 atom stereocenters. The van der Waals surface area contributed by atoms with Gasteiger partial charge in [-0.2, -0.15) is 0 Å². The minimum absolute atomic E-state index is 0.00362. The predicted octanol–water partition coefficient (Wildman–Crippen LogP) is -8.43. The molecular weight excluding hydrogens is 1550 g/mol. The topological polar surface area (TPSA) is 630 Å².